The number of hydrogen-bond acceptors (Lipinski definition) is 1. The van der Waals surface area contributed by atoms with Gasteiger partial charge in [0.2, 0.25) is 5.91 Å². The van der Waals surface area contributed by atoms with Crippen LogP contribution in [0.25, 0.3) is 11.1 Å². The molecule has 4 heteroatoms. The highest BCUT2D eigenvalue weighted by Crippen LogP contribution is 2.36. The summed E-state index contributed by atoms with van der Waals surface area (Å²) in [5.74, 6) is 0.295. The molecule has 0 radical (unpaired) electrons. The van der Waals surface area contributed by atoms with Gasteiger partial charge in [0.05, 0.1) is 0 Å². The van der Waals surface area contributed by atoms with Gasteiger partial charge in [0.15, 0.2) is 0 Å². The van der Waals surface area contributed by atoms with Crippen molar-refractivity contribution in [2.45, 2.75) is 57.9 Å². The van der Waals surface area contributed by atoms with E-state index in [4.69, 9.17) is 23.2 Å². The standard InChI is InChI=1S/C24H27Cl2NO/c1-16-7-9-17(10-8-16)19-14-22(25)21(23(26)15-19)13-18-11-12-27(24(18)28)20-5-3-2-4-6-20/h7-10,14-15,18,20H,2-6,11-13H2,1H3. The first kappa shape index (κ1) is 19.8. The number of rotatable bonds is 4. The van der Waals surface area contributed by atoms with Crippen LogP contribution in [-0.4, -0.2) is 23.4 Å². The number of amides is 1. The van der Waals surface area contributed by atoms with Gasteiger partial charge in [-0.2, -0.15) is 0 Å². The Morgan fingerprint density at radius 1 is 0.929 bits per heavy atom. The number of carbonyl (C=O) groups is 1. The van der Waals surface area contributed by atoms with E-state index in [-0.39, 0.29) is 5.92 Å². The number of carbonyl (C=O) groups excluding carboxylic acids is 1. The van der Waals surface area contributed by atoms with Crippen LogP contribution in [0.2, 0.25) is 10.0 Å². The van der Waals surface area contributed by atoms with Crippen molar-refractivity contribution in [3.63, 3.8) is 0 Å². The van der Waals surface area contributed by atoms with Crippen molar-refractivity contribution in [1.82, 2.24) is 4.90 Å². The molecule has 1 unspecified atom stereocenters. The van der Waals surface area contributed by atoms with Crippen LogP contribution in [-0.2, 0) is 11.2 Å². The zero-order valence-electron chi connectivity index (χ0n) is 16.4. The van der Waals surface area contributed by atoms with Gasteiger partial charge in [0, 0.05) is 28.5 Å². The third-order valence-electron chi connectivity index (χ3n) is 6.34. The molecule has 28 heavy (non-hydrogen) atoms. The summed E-state index contributed by atoms with van der Waals surface area (Å²) in [6.07, 6.45) is 7.65. The first-order valence-electron chi connectivity index (χ1n) is 10.4. The molecule has 1 atom stereocenters. The largest absolute Gasteiger partial charge is 0.339 e. The maximum absolute atomic E-state index is 13.0. The maximum atomic E-state index is 13.0. The van der Waals surface area contributed by atoms with Crippen molar-refractivity contribution in [2.75, 3.05) is 6.54 Å². The minimum Gasteiger partial charge on any atom is -0.339 e. The Hall–Kier alpha value is -1.51. The molecule has 2 fully saturated rings. The third kappa shape index (κ3) is 4.09. The lowest BCUT2D eigenvalue weighted by molar-refractivity contribution is -0.133. The molecule has 1 heterocycles. The predicted molar refractivity (Wildman–Crippen MR) is 117 cm³/mol. The van der Waals surface area contributed by atoms with Gasteiger partial charge in [-0.25, -0.2) is 0 Å². The average Bonchev–Trinajstić information content (AvgIpc) is 3.06. The fourth-order valence-corrected chi connectivity index (χ4v) is 5.31. The van der Waals surface area contributed by atoms with Crippen LogP contribution >= 0.6 is 23.2 Å². The molecule has 0 spiro atoms. The van der Waals surface area contributed by atoms with E-state index in [0.29, 0.717) is 28.4 Å². The molecular weight excluding hydrogens is 389 g/mol. The molecule has 2 aromatic carbocycles. The van der Waals surface area contributed by atoms with Crippen LogP contribution in [0.4, 0.5) is 0 Å². The van der Waals surface area contributed by atoms with Crippen molar-refractivity contribution < 1.29 is 4.79 Å². The minimum absolute atomic E-state index is 0.00199. The average molecular weight is 416 g/mol. The van der Waals surface area contributed by atoms with E-state index in [1.54, 1.807) is 0 Å². The molecule has 2 nitrogen and oxygen atoms in total. The Bertz CT molecular complexity index is 832. The van der Waals surface area contributed by atoms with Gasteiger partial charge in [0.25, 0.3) is 0 Å². The molecule has 148 valence electrons. The number of halogens is 2. The second-order valence-electron chi connectivity index (χ2n) is 8.30. The summed E-state index contributed by atoms with van der Waals surface area (Å²) < 4.78 is 0. The van der Waals surface area contributed by atoms with Gasteiger partial charge >= 0.3 is 0 Å². The Kier molecular flexibility index (Phi) is 5.99. The van der Waals surface area contributed by atoms with Crippen molar-refractivity contribution >= 4 is 29.1 Å². The summed E-state index contributed by atoms with van der Waals surface area (Å²) in [4.78, 5) is 15.1. The SMILES string of the molecule is Cc1ccc(-c2cc(Cl)c(CC3CCN(C4CCCCC4)C3=O)c(Cl)c2)cc1. The molecule has 2 aromatic rings. The zero-order chi connectivity index (χ0) is 19.7. The van der Waals surface area contributed by atoms with Gasteiger partial charge in [0.1, 0.15) is 0 Å². The normalized spacial score (nSPS) is 20.8. The number of aryl methyl sites for hydroxylation is 1. The third-order valence-corrected chi connectivity index (χ3v) is 7.02. The highest BCUT2D eigenvalue weighted by Gasteiger charge is 2.36. The second kappa shape index (κ2) is 8.47. The molecule has 0 aromatic heterocycles. The van der Waals surface area contributed by atoms with E-state index in [9.17, 15) is 4.79 Å². The Morgan fingerprint density at radius 2 is 1.57 bits per heavy atom. The number of hydrogen-bond donors (Lipinski definition) is 0. The van der Waals surface area contributed by atoms with Crippen molar-refractivity contribution in [1.29, 1.82) is 0 Å². The maximum Gasteiger partial charge on any atom is 0.226 e. The van der Waals surface area contributed by atoms with Gasteiger partial charge in [-0.15, -0.1) is 0 Å². The second-order valence-corrected chi connectivity index (χ2v) is 9.11. The van der Waals surface area contributed by atoms with E-state index in [1.165, 1.54) is 24.8 Å². The lowest BCUT2D eigenvalue weighted by Crippen LogP contribution is -2.39. The summed E-state index contributed by atoms with van der Waals surface area (Å²) in [6.45, 7) is 2.95. The Labute approximate surface area is 177 Å². The van der Waals surface area contributed by atoms with Crippen LogP contribution in [0.15, 0.2) is 36.4 Å². The van der Waals surface area contributed by atoms with Crippen LogP contribution < -0.4 is 0 Å². The van der Waals surface area contributed by atoms with Gasteiger partial charge < -0.3 is 4.90 Å². The van der Waals surface area contributed by atoms with Gasteiger partial charge in [-0.05, 0) is 61.4 Å². The molecular formula is C24H27Cl2NO. The summed E-state index contributed by atoms with van der Waals surface area (Å²) in [5, 5.41) is 1.32. The smallest absolute Gasteiger partial charge is 0.226 e. The minimum atomic E-state index is 0.00199. The fourth-order valence-electron chi connectivity index (χ4n) is 4.66. The summed E-state index contributed by atoms with van der Waals surface area (Å²) in [6, 6.07) is 12.7. The topological polar surface area (TPSA) is 20.3 Å². The van der Waals surface area contributed by atoms with E-state index in [1.807, 2.05) is 12.1 Å². The molecule has 1 aliphatic carbocycles. The van der Waals surface area contributed by atoms with Crippen LogP contribution in [0.5, 0.6) is 0 Å². The predicted octanol–water partition coefficient (Wildman–Crippen LogP) is 6.69. The number of benzene rings is 2. The highest BCUT2D eigenvalue weighted by molar-refractivity contribution is 6.36. The van der Waals surface area contributed by atoms with E-state index in [2.05, 4.69) is 36.1 Å². The highest BCUT2D eigenvalue weighted by atomic mass is 35.5. The molecule has 2 aliphatic rings. The lowest BCUT2D eigenvalue weighted by atomic mass is 9.93. The van der Waals surface area contributed by atoms with Crippen molar-refractivity contribution in [3.05, 3.63) is 57.6 Å². The van der Waals surface area contributed by atoms with Crippen LogP contribution in [0.1, 0.15) is 49.7 Å². The van der Waals surface area contributed by atoms with Crippen molar-refractivity contribution in [3.8, 4) is 11.1 Å². The quantitative estimate of drug-likeness (QED) is 0.544. The summed E-state index contributed by atoms with van der Waals surface area (Å²) in [5.41, 5.74) is 4.24. The molecule has 0 bridgehead atoms. The molecule has 1 amide bonds. The van der Waals surface area contributed by atoms with Crippen LogP contribution in [0.3, 0.4) is 0 Å². The first-order chi connectivity index (χ1) is 13.5. The van der Waals surface area contributed by atoms with Gasteiger partial charge in [-0.3, -0.25) is 4.79 Å². The number of likely N-dealkylation sites (tertiary alicyclic amines) is 1. The molecule has 4 rings (SSSR count). The fraction of sp³-hybridized carbons (Fsp3) is 0.458. The lowest BCUT2D eigenvalue weighted by Gasteiger charge is -2.31. The van der Waals surface area contributed by atoms with Gasteiger partial charge in [-0.1, -0.05) is 72.3 Å². The summed E-state index contributed by atoms with van der Waals surface area (Å²) >= 11 is 13.2. The molecule has 0 N–H and O–H groups in total. The Balaban J connectivity index is 1.50. The first-order valence-corrected chi connectivity index (χ1v) is 11.1. The number of nitrogens with zero attached hydrogens (tertiary/aromatic N) is 1. The van der Waals surface area contributed by atoms with E-state index >= 15 is 0 Å². The summed E-state index contributed by atoms with van der Waals surface area (Å²) in [7, 11) is 0. The van der Waals surface area contributed by atoms with E-state index in [0.717, 1.165) is 42.5 Å². The molecule has 1 saturated heterocycles. The van der Waals surface area contributed by atoms with Crippen molar-refractivity contribution in [2.24, 2.45) is 5.92 Å². The zero-order valence-corrected chi connectivity index (χ0v) is 17.9. The van der Waals surface area contributed by atoms with E-state index < -0.39 is 0 Å². The molecule has 1 aliphatic heterocycles. The van der Waals surface area contributed by atoms with Crippen LogP contribution in [0, 0.1) is 12.8 Å². The monoisotopic (exact) mass is 415 g/mol. The molecule has 1 saturated carbocycles. The Morgan fingerprint density at radius 3 is 2.21 bits per heavy atom.